The summed E-state index contributed by atoms with van der Waals surface area (Å²) in [5.74, 6) is 0.129. The van der Waals surface area contributed by atoms with Gasteiger partial charge in [0.05, 0.1) is 0 Å². The molecule has 0 radical (unpaired) electrons. The minimum Gasteiger partial charge on any atom is -0.484 e. The van der Waals surface area contributed by atoms with Crippen molar-refractivity contribution in [1.29, 1.82) is 0 Å². The number of carbonyl (C=O) groups excluding carboxylic acids is 2. The van der Waals surface area contributed by atoms with Crippen LogP contribution in [-0.2, 0) is 4.79 Å². The van der Waals surface area contributed by atoms with E-state index in [0.29, 0.717) is 40.1 Å². The highest BCUT2D eigenvalue weighted by molar-refractivity contribution is 6.35. The lowest BCUT2D eigenvalue weighted by Crippen LogP contribution is -2.30. The van der Waals surface area contributed by atoms with Gasteiger partial charge in [-0.15, -0.1) is 0 Å². The minimum atomic E-state index is -0.341. The number of rotatable bonds is 7. The van der Waals surface area contributed by atoms with Crippen molar-refractivity contribution in [2.24, 2.45) is 0 Å². The van der Waals surface area contributed by atoms with E-state index in [0.717, 1.165) is 0 Å². The molecule has 0 fully saturated rings. The van der Waals surface area contributed by atoms with Crippen molar-refractivity contribution in [3.63, 3.8) is 0 Å². The lowest BCUT2D eigenvalue weighted by atomic mass is 10.2. The van der Waals surface area contributed by atoms with Crippen LogP contribution >= 0.6 is 23.2 Å². The fourth-order valence-corrected chi connectivity index (χ4v) is 2.89. The SMILES string of the molecule is CCN(CC)C(=O)c1ccc(OCC(=O)Nc2cc(Cl)cc(Cl)c2)cc1. The van der Waals surface area contributed by atoms with E-state index >= 15 is 0 Å². The van der Waals surface area contributed by atoms with Crippen molar-refractivity contribution in [2.45, 2.75) is 13.8 Å². The molecular formula is C19H20Cl2N2O3. The Morgan fingerprint density at radius 3 is 2.12 bits per heavy atom. The number of hydrogen-bond acceptors (Lipinski definition) is 3. The summed E-state index contributed by atoms with van der Waals surface area (Å²) in [6, 6.07) is 11.5. The zero-order valence-electron chi connectivity index (χ0n) is 14.6. The second kappa shape index (κ2) is 9.46. The minimum absolute atomic E-state index is 0.0304. The molecule has 0 saturated carbocycles. The van der Waals surface area contributed by atoms with Crippen molar-refractivity contribution in [3.8, 4) is 5.75 Å². The molecule has 0 aromatic heterocycles. The maximum atomic E-state index is 12.2. The van der Waals surface area contributed by atoms with Gasteiger partial charge in [-0.05, 0) is 56.3 Å². The van der Waals surface area contributed by atoms with Gasteiger partial charge in [-0.25, -0.2) is 0 Å². The molecule has 0 bridgehead atoms. The number of carbonyl (C=O) groups is 2. The third-order valence-corrected chi connectivity index (χ3v) is 4.10. The summed E-state index contributed by atoms with van der Waals surface area (Å²) < 4.78 is 5.45. The van der Waals surface area contributed by atoms with Crippen LogP contribution in [0.4, 0.5) is 5.69 Å². The number of nitrogens with zero attached hydrogens (tertiary/aromatic N) is 1. The zero-order valence-corrected chi connectivity index (χ0v) is 16.1. The molecule has 0 aliphatic carbocycles. The molecule has 2 aromatic carbocycles. The molecule has 1 N–H and O–H groups in total. The van der Waals surface area contributed by atoms with Gasteiger partial charge in [0.15, 0.2) is 6.61 Å². The van der Waals surface area contributed by atoms with Gasteiger partial charge in [-0.1, -0.05) is 23.2 Å². The third-order valence-electron chi connectivity index (χ3n) is 3.67. The molecule has 138 valence electrons. The molecule has 0 unspecified atom stereocenters. The van der Waals surface area contributed by atoms with Crippen molar-refractivity contribution < 1.29 is 14.3 Å². The summed E-state index contributed by atoms with van der Waals surface area (Å²) in [6.07, 6.45) is 0. The summed E-state index contributed by atoms with van der Waals surface area (Å²) >= 11 is 11.8. The Kier molecular flexibility index (Phi) is 7.30. The van der Waals surface area contributed by atoms with E-state index in [-0.39, 0.29) is 18.4 Å². The fraction of sp³-hybridized carbons (Fsp3) is 0.263. The van der Waals surface area contributed by atoms with Gasteiger partial charge in [0.25, 0.3) is 11.8 Å². The van der Waals surface area contributed by atoms with Gasteiger partial charge < -0.3 is 15.0 Å². The molecule has 0 atom stereocenters. The number of anilines is 1. The molecule has 7 heteroatoms. The van der Waals surface area contributed by atoms with E-state index in [1.807, 2.05) is 13.8 Å². The van der Waals surface area contributed by atoms with Crippen LogP contribution in [-0.4, -0.2) is 36.4 Å². The highest BCUT2D eigenvalue weighted by Gasteiger charge is 2.12. The van der Waals surface area contributed by atoms with Gasteiger partial charge >= 0.3 is 0 Å². The number of nitrogens with one attached hydrogen (secondary N) is 1. The van der Waals surface area contributed by atoms with Crippen LogP contribution in [0, 0.1) is 0 Å². The first kappa shape index (κ1) is 20.1. The van der Waals surface area contributed by atoms with Crippen molar-refractivity contribution in [2.75, 3.05) is 25.0 Å². The fourth-order valence-electron chi connectivity index (χ4n) is 2.36. The quantitative estimate of drug-likeness (QED) is 0.752. The molecule has 0 aliphatic rings. The number of amides is 2. The Labute approximate surface area is 162 Å². The molecule has 2 amide bonds. The Bertz CT molecular complexity index is 755. The molecule has 26 heavy (non-hydrogen) atoms. The van der Waals surface area contributed by atoms with Gasteiger partial charge in [-0.2, -0.15) is 0 Å². The third kappa shape index (κ3) is 5.64. The number of benzene rings is 2. The normalized spacial score (nSPS) is 10.3. The topological polar surface area (TPSA) is 58.6 Å². The lowest BCUT2D eigenvalue weighted by molar-refractivity contribution is -0.118. The molecule has 0 saturated heterocycles. The molecule has 2 rings (SSSR count). The maximum absolute atomic E-state index is 12.2. The van der Waals surface area contributed by atoms with Crippen LogP contribution in [0.1, 0.15) is 24.2 Å². The summed E-state index contributed by atoms with van der Waals surface area (Å²) in [6.45, 7) is 5.01. The predicted octanol–water partition coefficient (Wildman–Crippen LogP) is 4.49. The second-order valence-electron chi connectivity index (χ2n) is 5.50. The van der Waals surface area contributed by atoms with Crippen LogP contribution in [0.25, 0.3) is 0 Å². The van der Waals surface area contributed by atoms with Crippen molar-refractivity contribution in [3.05, 3.63) is 58.1 Å². The van der Waals surface area contributed by atoms with Crippen LogP contribution in [0.3, 0.4) is 0 Å². The average molecular weight is 395 g/mol. The zero-order chi connectivity index (χ0) is 19.1. The van der Waals surface area contributed by atoms with E-state index in [2.05, 4.69) is 5.32 Å². The van der Waals surface area contributed by atoms with E-state index in [9.17, 15) is 9.59 Å². The number of halogens is 2. The average Bonchev–Trinajstić information content (AvgIpc) is 2.60. The molecule has 2 aromatic rings. The maximum Gasteiger partial charge on any atom is 0.262 e. The Morgan fingerprint density at radius 1 is 1.00 bits per heavy atom. The molecule has 0 aliphatic heterocycles. The Hall–Kier alpha value is -2.24. The van der Waals surface area contributed by atoms with Gasteiger partial charge in [0.1, 0.15) is 5.75 Å². The van der Waals surface area contributed by atoms with Crippen molar-refractivity contribution >= 4 is 40.7 Å². The largest absolute Gasteiger partial charge is 0.484 e. The van der Waals surface area contributed by atoms with E-state index < -0.39 is 0 Å². The van der Waals surface area contributed by atoms with Crippen LogP contribution < -0.4 is 10.1 Å². The van der Waals surface area contributed by atoms with Crippen LogP contribution in [0.5, 0.6) is 5.75 Å². The first-order chi connectivity index (χ1) is 12.4. The Balaban J connectivity index is 1.91. The predicted molar refractivity (Wildman–Crippen MR) is 104 cm³/mol. The standard InChI is InChI=1S/C19H20Cl2N2O3/c1-3-23(4-2)19(25)13-5-7-17(8-6-13)26-12-18(24)22-16-10-14(20)9-15(21)11-16/h5-11H,3-4,12H2,1-2H3,(H,22,24). The Morgan fingerprint density at radius 2 is 1.58 bits per heavy atom. The highest BCUT2D eigenvalue weighted by atomic mass is 35.5. The summed E-state index contributed by atoms with van der Waals surface area (Å²) in [4.78, 5) is 25.9. The summed E-state index contributed by atoms with van der Waals surface area (Å²) in [5.41, 5.74) is 1.08. The van der Waals surface area contributed by atoms with Gasteiger partial charge in [-0.3, -0.25) is 9.59 Å². The second-order valence-corrected chi connectivity index (χ2v) is 6.37. The summed E-state index contributed by atoms with van der Waals surface area (Å²) in [7, 11) is 0. The van der Waals surface area contributed by atoms with Gasteiger partial charge in [0.2, 0.25) is 0 Å². The van der Waals surface area contributed by atoms with Crippen molar-refractivity contribution in [1.82, 2.24) is 4.90 Å². The highest BCUT2D eigenvalue weighted by Crippen LogP contribution is 2.22. The first-order valence-corrected chi connectivity index (χ1v) is 8.96. The van der Waals surface area contributed by atoms with E-state index in [1.54, 1.807) is 47.4 Å². The first-order valence-electron chi connectivity index (χ1n) is 8.21. The monoisotopic (exact) mass is 394 g/mol. The number of ether oxygens (including phenoxy) is 1. The smallest absolute Gasteiger partial charge is 0.262 e. The molecule has 0 spiro atoms. The molecular weight excluding hydrogens is 375 g/mol. The summed E-state index contributed by atoms with van der Waals surface area (Å²) in [5, 5.41) is 3.53. The number of hydrogen-bond donors (Lipinski definition) is 1. The molecule has 0 heterocycles. The van der Waals surface area contributed by atoms with Crippen LogP contribution in [0.15, 0.2) is 42.5 Å². The molecule has 5 nitrogen and oxygen atoms in total. The van der Waals surface area contributed by atoms with Crippen LogP contribution in [0.2, 0.25) is 10.0 Å². The lowest BCUT2D eigenvalue weighted by Gasteiger charge is -2.18. The van der Waals surface area contributed by atoms with E-state index in [4.69, 9.17) is 27.9 Å². The van der Waals surface area contributed by atoms with E-state index in [1.165, 1.54) is 0 Å². The van der Waals surface area contributed by atoms with Gasteiger partial charge in [0, 0.05) is 34.4 Å².